The van der Waals surface area contributed by atoms with Crippen molar-refractivity contribution in [1.29, 1.82) is 0 Å². The number of carbonyl (C=O) groups is 1. The molecule has 1 atom stereocenters. The van der Waals surface area contributed by atoms with Crippen LogP contribution in [-0.4, -0.2) is 50.5 Å². The summed E-state index contributed by atoms with van der Waals surface area (Å²) in [5, 5.41) is 15.2. The van der Waals surface area contributed by atoms with Gasteiger partial charge in [0.25, 0.3) is 0 Å². The number of urea groups is 1. The zero-order valence-electron chi connectivity index (χ0n) is 15.3. The van der Waals surface area contributed by atoms with Crippen LogP contribution in [0, 0.1) is 13.8 Å². The number of likely N-dealkylation sites (tertiary alicyclic amines) is 1. The topological polar surface area (TPSA) is 89.1 Å². The lowest BCUT2D eigenvalue weighted by atomic mass is 9.96. The first-order valence-electron chi connectivity index (χ1n) is 8.76. The Hall–Kier alpha value is -2.38. The molecule has 1 fully saturated rings. The van der Waals surface area contributed by atoms with Gasteiger partial charge in [-0.1, -0.05) is 12.1 Å². The van der Waals surface area contributed by atoms with E-state index in [0.717, 1.165) is 48.8 Å². The highest BCUT2D eigenvalue weighted by Gasteiger charge is 2.26. The highest BCUT2D eigenvalue weighted by Crippen LogP contribution is 2.26. The summed E-state index contributed by atoms with van der Waals surface area (Å²) < 4.78 is 7.17. The Balaban J connectivity index is 1.49. The van der Waals surface area contributed by atoms with Gasteiger partial charge < -0.3 is 19.3 Å². The van der Waals surface area contributed by atoms with E-state index in [1.807, 2.05) is 30.4 Å². The summed E-state index contributed by atoms with van der Waals surface area (Å²) in [4.78, 5) is 14.3. The first kappa shape index (κ1) is 17.4. The van der Waals surface area contributed by atoms with Gasteiger partial charge in [-0.15, -0.1) is 10.2 Å². The zero-order valence-corrected chi connectivity index (χ0v) is 15.3. The molecular weight excluding hydrogens is 320 g/mol. The first-order chi connectivity index (χ1) is 12.0. The van der Waals surface area contributed by atoms with Crippen LogP contribution in [0.25, 0.3) is 0 Å². The summed E-state index contributed by atoms with van der Waals surface area (Å²) >= 11 is 0. The number of carbonyl (C=O) groups excluding carboxylic acids is 1. The first-order valence-corrected chi connectivity index (χ1v) is 8.76. The second-order valence-electron chi connectivity index (χ2n) is 6.89. The van der Waals surface area contributed by atoms with Crippen LogP contribution in [0.4, 0.5) is 4.79 Å². The number of aromatic nitrogens is 4. The lowest BCUT2D eigenvalue weighted by molar-refractivity contribution is 0.179. The fourth-order valence-electron chi connectivity index (χ4n) is 3.65. The molecule has 0 aliphatic carbocycles. The molecule has 0 bridgehead atoms. The van der Waals surface area contributed by atoms with Crippen LogP contribution in [0.1, 0.15) is 54.4 Å². The second-order valence-corrected chi connectivity index (χ2v) is 6.89. The standard InChI is InChI=1S/C17H26N6O2/c1-11(15-12(2)21-25-13(15)3)9-18-17(24)23-7-5-14(6-8-23)16-20-19-10-22(16)4/h10-11,14H,5-9H2,1-4H3,(H,18,24). The van der Waals surface area contributed by atoms with E-state index in [4.69, 9.17) is 4.52 Å². The van der Waals surface area contributed by atoms with E-state index < -0.39 is 0 Å². The van der Waals surface area contributed by atoms with Gasteiger partial charge in [0.15, 0.2) is 0 Å². The zero-order chi connectivity index (χ0) is 18.0. The van der Waals surface area contributed by atoms with Crippen molar-refractivity contribution >= 4 is 6.03 Å². The molecule has 8 nitrogen and oxygen atoms in total. The van der Waals surface area contributed by atoms with Gasteiger partial charge in [0, 0.05) is 44.1 Å². The Bertz CT molecular complexity index is 710. The van der Waals surface area contributed by atoms with Crippen LogP contribution >= 0.6 is 0 Å². The highest BCUT2D eigenvalue weighted by molar-refractivity contribution is 5.74. The van der Waals surface area contributed by atoms with Crippen molar-refractivity contribution in [2.24, 2.45) is 7.05 Å². The molecule has 3 rings (SSSR count). The minimum absolute atomic E-state index is 0.00461. The number of hydrogen-bond acceptors (Lipinski definition) is 5. The fraction of sp³-hybridized carbons (Fsp3) is 0.647. The lowest BCUT2D eigenvalue weighted by Gasteiger charge is -2.31. The maximum atomic E-state index is 12.4. The van der Waals surface area contributed by atoms with Gasteiger partial charge in [0.1, 0.15) is 17.9 Å². The van der Waals surface area contributed by atoms with Gasteiger partial charge in [-0.05, 0) is 26.7 Å². The third-order valence-electron chi connectivity index (χ3n) is 5.03. The number of rotatable bonds is 4. The fourth-order valence-corrected chi connectivity index (χ4v) is 3.65. The van der Waals surface area contributed by atoms with Crippen molar-refractivity contribution in [1.82, 2.24) is 30.1 Å². The normalized spacial score (nSPS) is 16.9. The molecule has 3 heterocycles. The molecule has 0 spiro atoms. The molecule has 0 radical (unpaired) electrons. The maximum absolute atomic E-state index is 12.4. The average Bonchev–Trinajstić information content (AvgIpc) is 3.18. The molecule has 1 unspecified atom stereocenters. The molecule has 25 heavy (non-hydrogen) atoms. The van der Waals surface area contributed by atoms with Gasteiger partial charge in [-0.25, -0.2) is 4.79 Å². The number of amides is 2. The Kier molecular flexibility index (Phi) is 5.06. The molecular formula is C17H26N6O2. The predicted molar refractivity (Wildman–Crippen MR) is 92.3 cm³/mol. The van der Waals surface area contributed by atoms with Crippen molar-refractivity contribution in [2.75, 3.05) is 19.6 Å². The van der Waals surface area contributed by atoms with Crippen LogP contribution in [0.2, 0.25) is 0 Å². The Morgan fingerprint density at radius 1 is 1.40 bits per heavy atom. The summed E-state index contributed by atoms with van der Waals surface area (Å²) in [7, 11) is 1.96. The summed E-state index contributed by atoms with van der Waals surface area (Å²) in [5.74, 6) is 2.37. The lowest BCUT2D eigenvalue weighted by Crippen LogP contribution is -2.45. The summed E-state index contributed by atoms with van der Waals surface area (Å²) in [5.41, 5.74) is 1.98. The van der Waals surface area contributed by atoms with Gasteiger partial charge in [0.05, 0.1) is 5.69 Å². The molecule has 1 aliphatic heterocycles. The Morgan fingerprint density at radius 3 is 2.68 bits per heavy atom. The van der Waals surface area contributed by atoms with Gasteiger partial charge in [0.2, 0.25) is 0 Å². The van der Waals surface area contributed by atoms with Crippen molar-refractivity contribution < 1.29 is 9.32 Å². The summed E-state index contributed by atoms with van der Waals surface area (Å²) in [6, 6.07) is -0.00461. The van der Waals surface area contributed by atoms with Crippen LogP contribution in [0.3, 0.4) is 0 Å². The SMILES string of the molecule is Cc1noc(C)c1C(C)CNC(=O)N1CCC(c2nncn2C)CC1. The smallest absolute Gasteiger partial charge is 0.317 e. The number of hydrogen-bond donors (Lipinski definition) is 1. The molecule has 0 saturated carbocycles. The molecule has 1 saturated heterocycles. The Labute approximate surface area is 147 Å². The van der Waals surface area contributed by atoms with E-state index in [2.05, 4.69) is 27.6 Å². The van der Waals surface area contributed by atoms with Gasteiger partial charge in [-0.3, -0.25) is 0 Å². The number of nitrogens with one attached hydrogen (secondary N) is 1. The average molecular weight is 346 g/mol. The molecule has 2 aromatic heterocycles. The van der Waals surface area contributed by atoms with E-state index in [9.17, 15) is 4.79 Å². The molecule has 8 heteroatoms. The van der Waals surface area contributed by atoms with Crippen LogP contribution in [-0.2, 0) is 7.05 Å². The molecule has 2 amide bonds. The van der Waals surface area contributed by atoms with E-state index >= 15 is 0 Å². The monoisotopic (exact) mass is 346 g/mol. The molecule has 1 N–H and O–H groups in total. The maximum Gasteiger partial charge on any atom is 0.317 e. The molecule has 2 aromatic rings. The quantitative estimate of drug-likeness (QED) is 0.916. The molecule has 1 aliphatic rings. The number of aryl methyl sites for hydroxylation is 3. The van der Waals surface area contributed by atoms with Crippen molar-refractivity contribution in [3.8, 4) is 0 Å². The van der Waals surface area contributed by atoms with Crippen molar-refractivity contribution in [2.45, 2.75) is 45.4 Å². The van der Waals surface area contributed by atoms with Crippen molar-refractivity contribution in [3.05, 3.63) is 29.2 Å². The van der Waals surface area contributed by atoms with Crippen LogP contribution in [0.15, 0.2) is 10.9 Å². The van der Waals surface area contributed by atoms with Gasteiger partial charge >= 0.3 is 6.03 Å². The Morgan fingerprint density at radius 2 is 2.12 bits per heavy atom. The third-order valence-corrected chi connectivity index (χ3v) is 5.03. The van der Waals surface area contributed by atoms with Crippen molar-refractivity contribution in [3.63, 3.8) is 0 Å². The van der Waals surface area contributed by atoms with E-state index in [1.54, 1.807) is 6.33 Å². The summed E-state index contributed by atoms with van der Waals surface area (Å²) in [6.45, 7) is 7.97. The number of nitrogens with zero attached hydrogens (tertiary/aromatic N) is 5. The predicted octanol–water partition coefficient (Wildman–Crippen LogP) is 2.11. The summed E-state index contributed by atoms with van der Waals surface area (Å²) in [6.07, 6.45) is 3.56. The third kappa shape index (κ3) is 3.67. The minimum Gasteiger partial charge on any atom is -0.361 e. The molecule has 136 valence electrons. The van der Waals surface area contributed by atoms with Gasteiger partial charge in [-0.2, -0.15) is 0 Å². The second kappa shape index (κ2) is 7.25. The number of piperidine rings is 1. The van der Waals surface area contributed by atoms with E-state index in [1.165, 1.54) is 0 Å². The van der Waals surface area contributed by atoms with E-state index in [0.29, 0.717) is 12.5 Å². The van der Waals surface area contributed by atoms with Crippen LogP contribution in [0.5, 0.6) is 0 Å². The van der Waals surface area contributed by atoms with E-state index in [-0.39, 0.29) is 11.9 Å². The highest BCUT2D eigenvalue weighted by atomic mass is 16.5. The van der Waals surface area contributed by atoms with Crippen LogP contribution < -0.4 is 5.32 Å². The molecule has 0 aromatic carbocycles. The largest absolute Gasteiger partial charge is 0.361 e. The minimum atomic E-state index is -0.00461.